The van der Waals surface area contributed by atoms with Gasteiger partial charge >= 0.3 is 0 Å². The molecule has 70 valence electrons. The van der Waals surface area contributed by atoms with E-state index in [1.54, 1.807) is 0 Å². The van der Waals surface area contributed by atoms with Gasteiger partial charge in [-0.25, -0.2) is 4.98 Å². The Hall–Kier alpha value is -0.830. The molecule has 3 heteroatoms. The highest BCUT2D eigenvalue weighted by Crippen LogP contribution is 2.38. The summed E-state index contributed by atoms with van der Waals surface area (Å²) < 4.78 is 0. The number of rotatable bonds is 3. The lowest BCUT2D eigenvalue weighted by Crippen LogP contribution is -2.43. The quantitative estimate of drug-likeness (QED) is 0.724. The molecule has 3 nitrogen and oxygen atoms in total. The maximum absolute atomic E-state index is 4.42. The normalized spacial score (nSPS) is 23.1. The molecule has 0 atom stereocenters. The van der Waals surface area contributed by atoms with Gasteiger partial charge in [0.1, 0.15) is 5.82 Å². The van der Waals surface area contributed by atoms with Crippen LogP contribution in [0.4, 0.5) is 0 Å². The summed E-state index contributed by atoms with van der Waals surface area (Å²) in [6.45, 7) is 2.33. The van der Waals surface area contributed by atoms with Crippen LogP contribution in [-0.4, -0.2) is 23.1 Å². The molecule has 0 spiro atoms. The molecule has 3 rings (SSSR count). The van der Waals surface area contributed by atoms with Gasteiger partial charge in [-0.05, 0) is 31.8 Å². The van der Waals surface area contributed by atoms with Crippen molar-refractivity contribution in [1.29, 1.82) is 0 Å². The number of imidazole rings is 1. The minimum atomic E-state index is 0.806. The second-order valence-electron chi connectivity index (χ2n) is 4.29. The van der Waals surface area contributed by atoms with Crippen LogP contribution in [0.3, 0.4) is 0 Å². The summed E-state index contributed by atoms with van der Waals surface area (Å²) in [6.07, 6.45) is 5.86. The fourth-order valence-corrected chi connectivity index (χ4v) is 1.85. The van der Waals surface area contributed by atoms with Crippen LogP contribution in [0.2, 0.25) is 0 Å². The lowest BCUT2D eigenvalue weighted by atomic mass is 9.99. The Labute approximate surface area is 78.0 Å². The molecule has 1 aromatic heterocycles. The van der Waals surface area contributed by atoms with E-state index >= 15 is 0 Å². The Kier molecular flexibility index (Phi) is 1.65. The molecular formula is C10H15N3. The lowest BCUT2D eigenvalue weighted by molar-refractivity contribution is 0.341. The molecule has 1 aromatic rings. The smallest absolute Gasteiger partial charge is 0.106 e. The van der Waals surface area contributed by atoms with E-state index in [1.165, 1.54) is 37.4 Å². The number of nitrogens with zero attached hydrogens (tertiary/aromatic N) is 1. The van der Waals surface area contributed by atoms with Gasteiger partial charge < -0.3 is 10.3 Å². The maximum atomic E-state index is 4.42. The first-order valence-electron chi connectivity index (χ1n) is 5.16. The predicted molar refractivity (Wildman–Crippen MR) is 50.6 cm³/mol. The van der Waals surface area contributed by atoms with Gasteiger partial charge in [-0.2, -0.15) is 0 Å². The van der Waals surface area contributed by atoms with Gasteiger partial charge in [0, 0.05) is 24.2 Å². The second-order valence-corrected chi connectivity index (χ2v) is 4.29. The van der Waals surface area contributed by atoms with Gasteiger partial charge in [0.15, 0.2) is 0 Å². The van der Waals surface area contributed by atoms with Gasteiger partial charge in [0.25, 0.3) is 0 Å². The van der Waals surface area contributed by atoms with Crippen LogP contribution in [-0.2, 0) is 6.42 Å². The van der Waals surface area contributed by atoms with E-state index in [1.807, 2.05) is 6.20 Å². The molecule has 1 aliphatic carbocycles. The van der Waals surface area contributed by atoms with Gasteiger partial charge in [-0.3, -0.25) is 0 Å². The summed E-state index contributed by atoms with van der Waals surface area (Å²) in [5, 5.41) is 3.28. The van der Waals surface area contributed by atoms with Crippen LogP contribution >= 0.6 is 0 Å². The number of hydrogen-bond acceptors (Lipinski definition) is 2. The first kappa shape index (κ1) is 7.56. The summed E-state index contributed by atoms with van der Waals surface area (Å²) in [4.78, 5) is 7.85. The van der Waals surface area contributed by atoms with Crippen molar-refractivity contribution >= 4 is 0 Å². The molecule has 2 N–H and O–H groups in total. The standard InChI is InChI=1S/C10H15N3/c1-2-8(1)9-6-12-10(13-9)3-7-4-11-5-7/h6-8,11H,1-5H2,(H,12,13). The minimum absolute atomic E-state index is 0.806. The molecule has 2 heterocycles. The maximum Gasteiger partial charge on any atom is 0.106 e. The summed E-state index contributed by atoms with van der Waals surface area (Å²) in [7, 11) is 0. The van der Waals surface area contributed by atoms with Crippen LogP contribution in [0, 0.1) is 5.92 Å². The monoisotopic (exact) mass is 177 g/mol. The number of nitrogens with one attached hydrogen (secondary N) is 2. The molecule has 0 aromatic carbocycles. The fraction of sp³-hybridized carbons (Fsp3) is 0.700. The number of aromatic amines is 1. The zero-order valence-corrected chi connectivity index (χ0v) is 7.71. The molecule has 2 aliphatic rings. The van der Waals surface area contributed by atoms with Gasteiger partial charge in [0.2, 0.25) is 0 Å². The largest absolute Gasteiger partial charge is 0.346 e. The molecular weight excluding hydrogens is 162 g/mol. The van der Waals surface area contributed by atoms with Crippen molar-refractivity contribution in [2.45, 2.75) is 25.2 Å². The van der Waals surface area contributed by atoms with Crippen LogP contribution in [0.1, 0.15) is 30.3 Å². The van der Waals surface area contributed by atoms with Crippen LogP contribution in [0.5, 0.6) is 0 Å². The predicted octanol–water partition coefficient (Wildman–Crippen LogP) is 1.05. The van der Waals surface area contributed by atoms with E-state index in [4.69, 9.17) is 0 Å². The average Bonchev–Trinajstić information content (AvgIpc) is 2.80. The molecule has 0 bridgehead atoms. The summed E-state index contributed by atoms with van der Waals surface area (Å²) in [6, 6.07) is 0. The molecule has 1 saturated carbocycles. The topological polar surface area (TPSA) is 40.7 Å². The van der Waals surface area contributed by atoms with Crippen molar-refractivity contribution in [2.24, 2.45) is 5.92 Å². The SMILES string of the molecule is c1nc(CC2CNC2)[nH]c1C1CC1. The second kappa shape index (κ2) is 2.84. The molecule has 0 amide bonds. The lowest BCUT2D eigenvalue weighted by Gasteiger charge is -2.25. The molecule has 1 saturated heterocycles. The minimum Gasteiger partial charge on any atom is -0.346 e. The van der Waals surface area contributed by atoms with E-state index in [2.05, 4.69) is 15.3 Å². The Bertz CT molecular complexity index is 297. The van der Waals surface area contributed by atoms with Crippen molar-refractivity contribution < 1.29 is 0 Å². The van der Waals surface area contributed by atoms with Gasteiger partial charge in [-0.15, -0.1) is 0 Å². The van der Waals surface area contributed by atoms with E-state index in [0.717, 1.165) is 18.3 Å². The molecule has 1 aliphatic heterocycles. The first-order valence-corrected chi connectivity index (χ1v) is 5.16. The summed E-state index contributed by atoms with van der Waals surface area (Å²) >= 11 is 0. The third-order valence-electron chi connectivity index (χ3n) is 3.01. The zero-order valence-electron chi connectivity index (χ0n) is 7.71. The Morgan fingerprint density at radius 2 is 2.23 bits per heavy atom. The molecule has 0 unspecified atom stereocenters. The summed E-state index contributed by atoms with van der Waals surface area (Å²) in [5.41, 5.74) is 1.36. The van der Waals surface area contributed by atoms with Gasteiger partial charge in [0.05, 0.1) is 0 Å². The van der Waals surface area contributed by atoms with Crippen LogP contribution in [0.15, 0.2) is 6.20 Å². The first-order chi connectivity index (χ1) is 6.42. The molecule has 2 fully saturated rings. The van der Waals surface area contributed by atoms with E-state index in [-0.39, 0.29) is 0 Å². The zero-order chi connectivity index (χ0) is 8.67. The molecule has 13 heavy (non-hydrogen) atoms. The van der Waals surface area contributed by atoms with E-state index in [9.17, 15) is 0 Å². The van der Waals surface area contributed by atoms with Crippen molar-refractivity contribution in [3.05, 3.63) is 17.7 Å². The van der Waals surface area contributed by atoms with Crippen molar-refractivity contribution in [3.8, 4) is 0 Å². The Morgan fingerprint density at radius 3 is 2.85 bits per heavy atom. The highest BCUT2D eigenvalue weighted by Gasteiger charge is 2.26. The highest BCUT2D eigenvalue weighted by atomic mass is 15.0. The van der Waals surface area contributed by atoms with Crippen LogP contribution < -0.4 is 5.32 Å². The number of H-pyrrole nitrogens is 1. The van der Waals surface area contributed by atoms with Crippen molar-refractivity contribution in [2.75, 3.05) is 13.1 Å². The van der Waals surface area contributed by atoms with Crippen molar-refractivity contribution in [1.82, 2.24) is 15.3 Å². The van der Waals surface area contributed by atoms with Gasteiger partial charge in [-0.1, -0.05) is 0 Å². The molecule has 0 radical (unpaired) electrons. The van der Waals surface area contributed by atoms with E-state index < -0.39 is 0 Å². The summed E-state index contributed by atoms with van der Waals surface area (Å²) in [5.74, 6) is 2.81. The van der Waals surface area contributed by atoms with Crippen molar-refractivity contribution in [3.63, 3.8) is 0 Å². The Balaban J connectivity index is 1.66. The Morgan fingerprint density at radius 1 is 1.38 bits per heavy atom. The number of aromatic nitrogens is 2. The third kappa shape index (κ3) is 1.48. The van der Waals surface area contributed by atoms with Crippen LogP contribution in [0.25, 0.3) is 0 Å². The fourth-order valence-electron chi connectivity index (χ4n) is 1.85. The van der Waals surface area contributed by atoms with E-state index in [0.29, 0.717) is 0 Å². The third-order valence-corrected chi connectivity index (χ3v) is 3.01. The highest BCUT2D eigenvalue weighted by molar-refractivity contribution is 5.13. The number of hydrogen-bond donors (Lipinski definition) is 2. The average molecular weight is 177 g/mol.